The Morgan fingerprint density at radius 3 is 2.71 bits per heavy atom. The minimum absolute atomic E-state index is 0.216. The van der Waals surface area contributed by atoms with Crippen molar-refractivity contribution in [1.29, 1.82) is 0 Å². The van der Waals surface area contributed by atoms with Gasteiger partial charge in [0.15, 0.2) is 0 Å². The lowest BCUT2D eigenvalue weighted by molar-refractivity contribution is 0.629. The van der Waals surface area contributed by atoms with E-state index in [1.165, 1.54) is 17.7 Å². The molecule has 3 rings (SSSR count). The molecule has 0 amide bonds. The molecule has 1 aromatic heterocycles. The van der Waals surface area contributed by atoms with E-state index in [1.807, 2.05) is 24.4 Å². The minimum atomic E-state index is -0.216. The third-order valence-corrected chi connectivity index (χ3v) is 2.84. The van der Waals surface area contributed by atoms with Crippen molar-refractivity contribution in [3.05, 3.63) is 72.2 Å². The molecule has 0 saturated heterocycles. The van der Waals surface area contributed by atoms with Crippen molar-refractivity contribution < 1.29 is 4.39 Å². The summed E-state index contributed by atoms with van der Waals surface area (Å²) in [6.07, 6.45) is 1.87. The molecule has 1 radical (unpaired) electrons. The summed E-state index contributed by atoms with van der Waals surface area (Å²) in [5, 5.41) is 0.820. The Kier molecular flexibility index (Phi) is 2.41. The van der Waals surface area contributed by atoms with Crippen molar-refractivity contribution in [2.24, 2.45) is 0 Å². The van der Waals surface area contributed by atoms with Gasteiger partial charge in [-0.2, -0.15) is 0 Å². The van der Waals surface area contributed by atoms with Crippen LogP contribution in [0.5, 0.6) is 0 Å². The highest BCUT2D eigenvalue weighted by atomic mass is 19.1. The van der Waals surface area contributed by atoms with Gasteiger partial charge in [-0.05, 0) is 23.8 Å². The van der Waals surface area contributed by atoms with Crippen LogP contribution in [-0.4, -0.2) is 4.57 Å². The molecular weight excluding hydrogens is 213 g/mol. The lowest BCUT2D eigenvalue weighted by Crippen LogP contribution is -1.97. The zero-order valence-electron chi connectivity index (χ0n) is 9.23. The molecule has 0 fully saturated rings. The molecule has 0 atom stereocenters. The highest BCUT2D eigenvalue weighted by Crippen LogP contribution is 2.17. The van der Waals surface area contributed by atoms with Crippen LogP contribution in [0.3, 0.4) is 0 Å². The number of hydrogen-bond donors (Lipinski definition) is 0. The van der Waals surface area contributed by atoms with E-state index in [1.54, 1.807) is 6.07 Å². The second-order valence-electron chi connectivity index (χ2n) is 4.05. The summed E-state index contributed by atoms with van der Waals surface area (Å²) in [5.74, 6) is -0.216. The smallest absolute Gasteiger partial charge is 0.123 e. The van der Waals surface area contributed by atoms with Crippen LogP contribution in [0.15, 0.2) is 54.7 Å². The minimum Gasteiger partial charge on any atom is -0.342 e. The molecule has 2 aromatic carbocycles. The molecule has 0 bridgehead atoms. The standard InChI is InChI=1S/C15H11FN/c16-14-6-7-15-13(10-14)8-9-17(15)11-12-4-2-1-3-5-12/h1-7,9-10H,11H2. The van der Waals surface area contributed by atoms with Crippen LogP contribution in [-0.2, 0) is 6.54 Å². The second-order valence-corrected chi connectivity index (χ2v) is 4.05. The van der Waals surface area contributed by atoms with E-state index in [0.29, 0.717) is 0 Å². The summed E-state index contributed by atoms with van der Waals surface area (Å²) in [5.41, 5.74) is 2.23. The van der Waals surface area contributed by atoms with Crippen molar-refractivity contribution in [3.63, 3.8) is 0 Å². The van der Waals surface area contributed by atoms with Gasteiger partial charge in [0.2, 0.25) is 0 Å². The van der Waals surface area contributed by atoms with E-state index in [0.717, 1.165) is 17.4 Å². The second kappa shape index (κ2) is 4.06. The average molecular weight is 224 g/mol. The van der Waals surface area contributed by atoms with Crippen LogP contribution < -0.4 is 0 Å². The summed E-state index contributed by atoms with van der Waals surface area (Å²) < 4.78 is 15.1. The topological polar surface area (TPSA) is 4.93 Å². The number of hydrogen-bond acceptors (Lipinski definition) is 0. The summed E-state index contributed by atoms with van der Waals surface area (Å²) in [6, 6.07) is 18.1. The molecule has 0 aliphatic rings. The maximum absolute atomic E-state index is 13.0. The lowest BCUT2D eigenvalue weighted by Gasteiger charge is -2.05. The van der Waals surface area contributed by atoms with E-state index in [2.05, 4.69) is 22.8 Å². The zero-order valence-corrected chi connectivity index (χ0v) is 9.23. The number of rotatable bonds is 2. The highest BCUT2D eigenvalue weighted by Gasteiger charge is 2.02. The third-order valence-electron chi connectivity index (χ3n) is 2.84. The van der Waals surface area contributed by atoms with Gasteiger partial charge >= 0.3 is 0 Å². The molecule has 1 heterocycles. The van der Waals surface area contributed by atoms with Crippen LogP contribution in [0.2, 0.25) is 0 Å². The monoisotopic (exact) mass is 224 g/mol. The fourth-order valence-corrected chi connectivity index (χ4v) is 2.00. The molecule has 1 nitrogen and oxygen atoms in total. The molecule has 0 aliphatic carbocycles. The van der Waals surface area contributed by atoms with Crippen molar-refractivity contribution >= 4 is 10.9 Å². The first-order chi connectivity index (χ1) is 8.33. The number of halogens is 1. The van der Waals surface area contributed by atoms with Crippen LogP contribution in [0.4, 0.5) is 4.39 Å². The quantitative estimate of drug-likeness (QED) is 0.626. The predicted molar refractivity (Wildman–Crippen MR) is 66.3 cm³/mol. The molecule has 0 unspecified atom stereocenters. The molecule has 0 aliphatic heterocycles. The Hall–Kier alpha value is -2.09. The van der Waals surface area contributed by atoms with E-state index in [9.17, 15) is 4.39 Å². The van der Waals surface area contributed by atoms with Crippen LogP contribution >= 0.6 is 0 Å². The number of fused-ring (bicyclic) bond motifs is 1. The van der Waals surface area contributed by atoms with Gasteiger partial charge < -0.3 is 4.57 Å². The molecule has 0 spiro atoms. The summed E-state index contributed by atoms with van der Waals surface area (Å²) in [7, 11) is 0. The van der Waals surface area contributed by atoms with Gasteiger partial charge in [0, 0.05) is 29.7 Å². The summed E-state index contributed by atoms with van der Waals surface area (Å²) in [6.45, 7) is 0.784. The fraction of sp³-hybridized carbons (Fsp3) is 0.0667. The van der Waals surface area contributed by atoms with Gasteiger partial charge in [-0.1, -0.05) is 30.3 Å². The van der Waals surface area contributed by atoms with Gasteiger partial charge in [0.1, 0.15) is 5.82 Å². The van der Waals surface area contributed by atoms with Gasteiger partial charge in [-0.3, -0.25) is 0 Å². The van der Waals surface area contributed by atoms with Gasteiger partial charge in [-0.15, -0.1) is 0 Å². The van der Waals surface area contributed by atoms with E-state index in [-0.39, 0.29) is 5.82 Å². The average Bonchev–Trinajstić information content (AvgIpc) is 2.73. The van der Waals surface area contributed by atoms with Crippen LogP contribution in [0, 0.1) is 11.9 Å². The van der Waals surface area contributed by atoms with E-state index < -0.39 is 0 Å². The molecule has 83 valence electrons. The highest BCUT2D eigenvalue weighted by molar-refractivity contribution is 5.79. The molecule has 17 heavy (non-hydrogen) atoms. The summed E-state index contributed by atoms with van der Waals surface area (Å²) >= 11 is 0. The molecule has 3 aromatic rings. The first-order valence-corrected chi connectivity index (χ1v) is 5.53. The van der Waals surface area contributed by atoms with Crippen LogP contribution in [0.1, 0.15) is 5.56 Å². The molecular formula is C15H11FN. The number of aromatic nitrogens is 1. The summed E-state index contributed by atoms with van der Waals surface area (Å²) in [4.78, 5) is 0. The fourth-order valence-electron chi connectivity index (χ4n) is 2.00. The van der Waals surface area contributed by atoms with Gasteiger partial charge in [0.25, 0.3) is 0 Å². The maximum atomic E-state index is 13.0. The largest absolute Gasteiger partial charge is 0.342 e. The Morgan fingerprint density at radius 1 is 1.06 bits per heavy atom. The van der Waals surface area contributed by atoms with Crippen molar-refractivity contribution in [3.8, 4) is 0 Å². The Morgan fingerprint density at radius 2 is 1.88 bits per heavy atom. The number of benzene rings is 2. The van der Waals surface area contributed by atoms with Crippen molar-refractivity contribution in [1.82, 2.24) is 4.57 Å². The normalized spacial score (nSPS) is 10.9. The van der Waals surface area contributed by atoms with Crippen molar-refractivity contribution in [2.45, 2.75) is 6.54 Å². The van der Waals surface area contributed by atoms with E-state index >= 15 is 0 Å². The first-order valence-electron chi connectivity index (χ1n) is 5.53. The Labute approximate surface area is 99.1 Å². The van der Waals surface area contributed by atoms with Crippen molar-refractivity contribution in [2.75, 3.05) is 0 Å². The van der Waals surface area contributed by atoms with Gasteiger partial charge in [0.05, 0.1) is 0 Å². The van der Waals surface area contributed by atoms with Gasteiger partial charge in [-0.25, -0.2) is 4.39 Å². The zero-order chi connectivity index (χ0) is 11.7. The maximum Gasteiger partial charge on any atom is 0.123 e. The molecule has 2 heteroatoms. The molecule has 0 saturated carbocycles. The van der Waals surface area contributed by atoms with E-state index in [4.69, 9.17) is 0 Å². The Balaban J connectivity index is 2.01. The Bertz CT molecular complexity index is 640. The lowest BCUT2D eigenvalue weighted by atomic mass is 10.2. The third kappa shape index (κ3) is 1.94. The predicted octanol–water partition coefficient (Wildman–Crippen LogP) is 3.63. The first kappa shape index (κ1) is 10.1. The SMILES string of the molecule is Fc1ccc2c([c]cn2Cc2ccccc2)c1. The van der Waals surface area contributed by atoms with Crippen LogP contribution in [0.25, 0.3) is 10.9 Å². The number of nitrogens with zero attached hydrogens (tertiary/aromatic N) is 1. The molecule has 0 N–H and O–H groups in total.